The molecule has 1 unspecified atom stereocenters. The molecule has 0 amide bonds. The molecule has 0 spiro atoms. The molecular formula is C5H12ClNO. The molecule has 1 rings (SSSR count). The maximum absolute atomic E-state index is 8.82. The van der Waals surface area contributed by atoms with Gasteiger partial charge in [0.05, 0.1) is 6.10 Å². The molecule has 1 aliphatic carbocycles. The van der Waals surface area contributed by atoms with Crippen LogP contribution in [-0.4, -0.2) is 17.3 Å². The minimum Gasteiger partial charge on any atom is -0.393 e. The zero-order chi connectivity index (χ0) is 5.28. The van der Waals surface area contributed by atoms with Crippen molar-refractivity contribution in [2.75, 3.05) is 0 Å². The summed E-state index contributed by atoms with van der Waals surface area (Å²) in [6, 6.07) is 0.273. The van der Waals surface area contributed by atoms with Gasteiger partial charge in [-0.05, 0) is 19.3 Å². The SMILES string of the molecule is Cl.NC1CC[C@H](O)C1. The Labute approximate surface area is 55.5 Å². The molecule has 8 heavy (non-hydrogen) atoms. The molecule has 1 fully saturated rings. The van der Waals surface area contributed by atoms with Gasteiger partial charge >= 0.3 is 0 Å². The Morgan fingerprint density at radius 3 is 2.12 bits per heavy atom. The van der Waals surface area contributed by atoms with Gasteiger partial charge in [-0.1, -0.05) is 0 Å². The van der Waals surface area contributed by atoms with Gasteiger partial charge in [0.25, 0.3) is 0 Å². The maximum Gasteiger partial charge on any atom is 0.0555 e. The molecule has 0 aromatic heterocycles. The number of halogens is 1. The molecule has 0 aromatic carbocycles. The van der Waals surface area contributed by atoms with Crippen LogP contribution in [0.25, 0.3) is 0 Å². The maximum atomic E-state index is 8.82. The van der Waals surface area contributed by atoms with E-state index in [0.717, 1.165) is 19.3 Å². The second-order valence-corrected chi connectivity index (χ2v) is 2.23. The molecule has 0 bridgehead atoms. The molecule has 2 nitrogen and oxygen atoms in total. The third-order valence-electron chi connectivity index (χ3n) is 1.45. The molecule has 3 N–H and O–H groups in total. The van der Waals surface area contributed by atoms with Crippen molar-refractivity contribution >= 4 is 12.4 Å². The van der Waals surface area contributed by atoms with E-state index in [-0.39, 0.29) is 24.6 Å². The van der Waals surface area contributed by atoms with Gasteiger partial charge in [-0.15, -0.1) is 12.4 Å². The Kier molecular flexibility index (Phi) is 3.36. The van der Waals surface area contributed by atoms with Gasteiger partial charge in [0, 0.05) is 6.04 Å². The van der Waals surface area contributed by atoms with Crippen molar-refractivity contribution in [2.24, 2.45) is 5.73 Å². The summed E-state index contributed by atoms with van der Waals surface area (Å²) in [7, 11) is 0. The van der Waals surface area contributed by atoms with E-state index in [1.165, 1.54) is 0 Å². The Bertz CT molecular complexity index is 61.4. The van der Waals surface area contributed by atoms with Crippen molar-refractivity contribution in [1.29, 1.82) is 0 Å². The number of aliphatic hydroxyl groups is 1. The fraction of sp³-hybridized carbons (Fsp3) is 1.00. The predicted molar refractivity (Wildman–Crippen MR) is 35.1 cm³/mol. The predicted octanol–water partition coefficient (Wildman–Crippen LogP) is 0.280. The van der Waals surface area contributed by atoms with Gasteiger partial charge in [0.2, 0.25) is 0 Å². The van der Waals surface area contributed by atoms with Gasteiger partial charge in [-0.25, -0.2) is 0 Å². The summed E-state index contributed by atoms with van der Waals surface area (Å²) < 4.78 is 0. The molecule has 0 aromatic rings. The smallest absolute Gasteiger partial charge is 0.0555 e. The van der Waals surface area contributed by atoms with Crippen molar-refractivity contribution < 1.29 is 5.11 Å². The Morgan fingerprint density at radius 1 is 1.38 bits per heavy atom. The van der Waals surface area contributed by atoms with Crippen LogP contribution in [0.5, 0.6) is 0 Å². The minimum atomic E-state index is -0.102. The van der Waals surface area contributed by atoms with Gasteiger partial charge in [-0.3, -0.25) is 0 Å². The lowest BCUT2D eigenvalue weighted by atomic mass is 10.3. The molecule has 50 valence electrons. The summed E-state index contributed by atoms with van der Waals surface area (Å²) in [5.74, 6) is 0. The van der Waals surface area contributed by atoms with Crippen molar-refractivity contribution in [1.82, 2.24) is 0 Å². The quantitative estimate of drug-likeness (QED) is 0.504. The molecule has 2 atom stereocenters. The molecule has 0 radical (unpaired) electrons. The van der Waals surface area contributed by atoms with Crippen LogP contribution in [0.3, 0.4) is 0 Å². The van der Waals surface area contributed by atoms with Gasteiger partial charge in [-0.2, -0.15) is 0 Å². The van der Waals surface area contributed by atoms with Gasteiger partial charge < -0.3 is 10.8 Å². The zero-order valence-electron chi connectivity index (χ0n) is 4.71. The zero-order valence-corrected chi connectivity index (χ0v) is 5.53. The van der Waals surface area contributed by atoms with Crippen molar-refractivity contribution in [3.8, 4) is 0 Å². The van der Waals surface area contributed by atoms with E-state index in [4.69, 9.17) is 10.8 Å². The third kappa shape index (κ3) is 1.99. The van der Waals surface area contributed by atoms with Crippen molar-refractivity contribution in [2.45, 2.75) is 31.4 Å². The highest BCUT2D eigenvalue weighted by atomic mass is 35.5. The fourth-order valence-electron chi connectivity index (χ4n) is 0.992. The summed E-state index contributed by atoms with van der Waals surface area (Å²) in [6.45, 7) is 0. The van der Waals surface area contributed by atoms with Gasteiger partial charge in [0.15, 0.2) is 0 Å². The fourth-order valence-corrected chi connectivity index (χ4v) is 0.992. The third-order valence-corrected chi connectivity index (χ3v) is 1.45. The average Bonchev–Trinajstić information content (AvgIpc) is 1.87. The van der Waals surface area contributed by atoms with Crippen molar-refractivity contribution in [3.05, 3.63) is 0 Å². The number of nitrogens with two attached hydrogens (primary N) is 1. The molecule has 0 heterocycles. The van der Waals surface area contributed by atoms with Crippen LogP contribution in [0.2, 0.25) is 0 Å². The van der Waals surface area contributed by atoms with Crippen LogP contribution in [0.15, 0.2) is 0 Å². The van der Waals surface area contributed by atoms with E-state index in [9.17, 15) is 0 Å². The average molecular weight is 138 g/mol. The largest absolute Gasteiger partial charge is 0.393 e. The van der Waals surface area contributed by atoms with Crippen LogP contribution in [0.1, 0.15) is 19.3 Å². The second kappa shape index (κ2) is 3.28. The number of aliphatic hydroxyl groups excluding tert-OH is 1. The first-order valence-corrected chi connectivity index (χ1v) is 2.72. The molecule has 1 saturated carbocycles. The first-order valence-electron chi connectivity index (χ1n) is 2.72. The lowest BCUT2D eigenvalue weighted by Crippen LogP contribution is -2.15. The van der Waals surface area contributed by atoms with Crippen LogP contribution in [0, 0.1) is 0 Å². The normalized spacial score (nSPS) is 36.8. The number of hydrogen-bond donors (Lipinski definition) is 2. The molecule has 1 aliphatic rings. The number of rotatable bonds is 0. The summed E-state index contributed by atoms with van der Waals surface area (Å²) in [4.78, 5) is 0. The standard InChI is InChI=1S/C5H11NO.ClH/c6-4-1-2-5(7)3-4;/h4-5,7H,1-3,6H2;1H/t4?,5-;/m0./s1. The van der Waals surface area contributed by atoms with Crippen LogP contribution in [-0.2, 0) is 0 Å². The second-order valence-electron chi connectivity index (χ2n) is 2.23. The Morgan fingerprint density at radius 2 is 2.00 bits per heavy atom. The highest BCUT2D eigenvalue weighted by Crippen LogP contribution is 2.15. The van der Waals surface area contributed by atoms with Crippen LogP contribution < -0.4 is 5.73 Å². The highest BCUT2D eigenvalue weighted by molar-refractivity contribution is 5.85. The van der Waals surface area contributed by atoms with Crippen molar-refractivity contribution in [3.63, 3.8) is 0 Å². The topological polar surface area (TPSA) is 46.2 Å². The van der Waals surface area contributed by atoms with E-state index in [0.29, 0.717) is 0 Å². The monoisotopic (exact) mass is 137 g/mol. The van der Waals surface area contributed by atoms with E-state index < -0.39 is 0 Å². The first-order chi connectivity index (χ1) is 3.29. The first kappa shape index (κ1) is 8.21. The lowest BCUT2D eigenvalue weighted by molar-refractivity contribution is 0.181. The highest BCUT2D eigenvalue weighted by Gasteiger charge is 2.18. The summed E-state index contributed by atoms with van der Waals surface area (Å²) in [5.41, 5.74) is 5.47. The molecule has 0 saturated heterocycles. The van der Waals surface area contributed by atoms with Crippen LogP contribution in [0.4, 0.5) is 0 Å². The van der Waals surface area contributed by atoms with E-state index in [1.54, 1.807) is 0 Å². The van der Waals surface area contributed by atoms with E-state index >= 15 is 0 Å². The molecule has 3 heteroatoms. The summed E-state index contributed by atoms with van der Waals surface area (Å²) in [5, 5.41) is 8.82. The van der Waals surface area contributed by atoms with Crippen LogP contribution >= 0.6 is 12.4 Å². The van der Waals surface area contributed by atoms with E-state index in [2.05, 4.69) is 0 Å². The molecule has 0 aliphatic heterocycles. The van der Waals surface area contributed by atoms with Gasteiger partial charge in [0.1, 0.15) is 0 Å². The Hall–Kier alpha value is 0.210. The summed E-state index contributed by atoms with van der Waals surface area (Å²) in [6.07, 6.45) is 2.61. The minimum absolute atomic E-state index is 0. The Balaban J connectivity index is 0.000000490. The summed E-state index contributed by atoms with van der Waals surface area (Å²) >= 11 is 0. The number of hydrogen-bond acceptors (Lipinski definition) is 2. The van der Waals surface area contributed by atoms with E-state index in [1.807, 2.05) is 0 Å². The lowest BCUT2D eigenvalue weighted by Gasteiger charge is -1.96. The molecular weight excluding hydrogens is 126 g/mol.